The van der Waals surface area contributed by atoms with E-state index in [-0.39, 0.29) is 11.2 Å². The summed E-state index contributed by atoms with van der Waals surface area (Å²) in [7, 11) is -0.441. The van der Waals surface area contributed by atoms with E-state index in [4.69, 9.17) is 15.0 Å². The summed E-state index contributed by atoms with van der Waals surface area (Å²) < 4.78 is 11.7. The summed E-state index contributed by atoms with van der Waals surface area (Å²) in [6.07, 6.45) is 3.20. The van der Waals surface area contributed by atoms with Gasteiger partial charge in [0, 0.05) is 23.6 Å². The first-order valence-electron chi connectivity index (χ1n) is 5.67. The third-order valence-corrected chi connectivity index (χ3v) is 3.53. The number of hydrogen-bond donors (Lipinski definition) is 1. The normalized spacial score (nSPS) is 23.6. The van der Waals surface area contributed by atoms with Gasteiger partial charge in [-0.2, -0.15) is 0 Å². The molecule has 0 bridgehead atoms. The second-order valence-electron chi connectivity index (χ2n) is 4.98. The van der Waals surface area contributed by atoms with Crippen LogP contribution in [-0.2, 0) is 9.31 Å². The Labute approximate surface area is 112 Å². The lowest BCUT2D eigenvalue weighted by molar-refractivity contribution is 0.00578. The summed E-state index contributed by atoms with van der Waals surface area (Å²) in [5, 5.41) is 0.824. The smallest absolute Gasteiger partial charge is 0.405 e. The van der Waals surface area contributed by atoms with Gasteiger partial charge in [0.2, 0.25) is 0 Å². The van der Waals surface area contributed by atoms with E-state index in [1.165, 1.54) is 6.20 Å². The molecule has 0 atom stereocenters. The van der Waals surface area contributed by atoms with Gasteiger partial charge in [-0.3, -0.25) is 4.99 Å². The maximum Gasteiger partial charge on any atom is 0.497 e. The van der Waals surface area contributed by atoms with Crippen molar-refractivity contribution in [3.8, 4) is 0 Å². The zero-order valence-electron chi connectivity index (χ0n) is 10.9. The van der Waals surface area contributed by atoms with Crippen molar-refractivity contribution in [1.29, 1.82) is 0 Å². The van der Waals surface area contributed by atoms with E-state index in [1.807, 2.05) is 27.7 Å². The summed E-state index contributed by atoms with van der Waals surface area (Å²) in [5.41, 5.74) is 5.64. The summed E-state index contributed by atoms with van der Waals surface area (Å²) >= 11 is 3.31. The molecule has 0 saturated carbocycles. The Bertz CT molecular complexity index is 313. The number of halogens is 1. The fraction of sp³-hybridized carbons (Fsp3) is 0.727. The Hall–Kier alpha value is -0.325. The second-order valence-corrected chi connectivity index (χ2v) is 5.77. The fourth-order valence-corrected chi connectivity index (χ4v) is 1.59. The molecule has 4 nitrogen and oxygen atoms in total. The monoisotopic (exact) mass is 302 g/mol. The molecule has 1 aliphatic heterocycles. The molecule has 1 heterocycles. The molecule has 1 saturated heterocycles. The third-order valence-electron chi connectivity index (χ3n) is 3.17. The quantitative estimate of drug-likeness (QED) is 0.490. The Balaban J connectivity index is 2.75. The van der Waals surface area contributed by atoms with E-state index in [0.717, 1.165) is 10.8 Å². The fourth-order valence-electron chi connectivity index (χ4n) is 1.38. The highest BCUT2D eigenvalue weighted by atomic mass is 79.9. The van der Waals surface area contributed by atoms with Crippen molar-refractivity contribution in [3.05, 3.63) is 11.7 Å². The molecule has 1 fully saturated rings. The molecule has 0 aromatic rings. The van der Waals surface area contributed by atoms with Crippen molar-refractivity contribution in [3.63, 3.8) is 0 Å². The maximum absolute atomic E-state index is 5.87. The third kappa shape index (κ3) is 3.33. The van der Waals surface area contributed by atoms with Crippen molar-refractivity contribution in [2.45, 2.75) is 38.9 Å². The number of hydrogen-bond acceptors (Lipinski definition) is 4. The van der Waals surface area contributed by atoms with Crippen molar-refractivity contribution in [1.82, 2.24) is 0 Å². The number of alkyl halides is 1. The first-order chi connectivity index (χ1) is 7.84. The minimum absolute atomic E-state index is 0.352. The number of rotatable bonds is 4. The van der Waals surface area contributed by atoms with E-state index in [2.05, 4.69) is 20.9 Å². The lowest BCUT2D eigenvalue weighted by Crippen LogP contribution is -2.41. The van der Waals surface area contributed by atoms with Gasteiger partial charge in [0.15, 0.2) is 0 Å². The van der Waals surface area contributed by atoms with Crippen LogP contribution in [0.15, 0.2) is 16.7 Å². The SMILES string of the molecule is CC1(C)OB(C(C=NCCBr)=CN)OC1(C)C. The lowest BCUT2D eigenvalue weighted by Gasteiger charge is -2.32. The summed E-state index contributed by atoms with van der Waals surface area (Å²) in [6, 6.07) is 0. The van der Waals surface area contributed by atoms with E-state index in [0.29, 0.717) is 6.54 Å². The molecule has 0 amide bonds. The van der Waals surface area contributed by atoms with Gasteiger partial charge in [-0.1, -0.05) is 15.9 Å². The maximum atomic E-state index is 5.87. The van der Waals surface area contributed by atoms with Crippen molar-refractivity contribution >= 4 is 29.3 Å². The van der Waals surface area contributed by atoms with Gasteiger partial charge in [0.05, 0.1) is 11.2 Å². The van der Waals surface area contributed by atoms with Gasteiger partial charge in [0.25, 0.3) is 0 Å². The number of allylic oxidation sites excluding steroid dienone is 1. The predicted molar refractivity (Wildman–Crippen MR) is 75.5 cm³/mol. The van der Waals surface area contributed by atoms with Crippen LogP contribution in [0.1, 0.15) is 27.7 Å². The van der Waals surface area contributed by atoms with Gasteiger partial charge >= 0.3 is 7.12 Å². The zero-order chi connectivity index (χ0) is 13.1. The number of aliphatic imine (C=N–C) groups is 1. The summed E-state index contributed by atoms with van der Waals surface area (Å²) in [5.74, 6) is 0. The van der Waals surface area contributed by atoms with Crippen LogP contribution in [0.4, 0.5) is 0 Å². The first kappa shape index (κ1) is 14.7. The molecular weight excluding hydrogens is 283 g/mol. The van der Waals surface area contributed by atoms with Gasteiger partial charge in [-0.25, -0.2) is 0 Å². The molecule has 96 valence electrons. The van der Waals surface area contributed by atoms with Gasteiger partial charge < -0.3 is 15.0 Å². The molecule has 0 aliphatic carbocycles. The van der Waals surface area contributed by atoms with Crippen molar-refractivity contribution in [2.24, 2.45) is 10.7 Å². The molecule has 0 aromatic heterocycles. The van der Waals surface area contributed by atoms with Crippen molar-refractivity contribution < 1.29 is 9.31 Å². The van der Waals surface area contributed by atoms with Crippen LogP contribution in [0.3, 0.4) is 0 Å². The molecule has 2 N–H and O–H groups in total. The second kappa shape index (κ2) is 5.54. The van der Waals surface area contributed by atoms with Crippen molar-refractivity contribution in [2.75, 3.05) is 11.9 Å². The van der Waals surface area contributed by atoms with Crippen LogP contribution in [0.2, 0.25) is 0 Å². The number of nitrogens with two attached hydrogens (primary N) is 1. The highest BCUT2D eigenvalue weighted by Gasteiger charge is 2.52. The lowest BCUT2D eigenvalue weighted by atomic mass is 9.79. The van der Waals surface area contributed by atoms with E-state index >= 15 is 0 Å². The minimum atomic E-state index is -0.441. The highest BCUT2D eigenvalue weighted by Crippen LogP contribution is 2.38. The molecule has 0 radical (unpaired) electrons. The minimum Gasteiger partial charge on any atom is -0.405 e. The average Bonchev–Trinajstić information content (AvgIpc) is 2.43. The molecule has 1 rings (SSSR count). The predicted octanol–water partition coefficient (Wildman–Crippen LogP) is 1.93. The number of nitrogens with zero attached hydrogens (tertiary/aromatic N) is 1. The Morgan fingerprint density at radius 2 is 1.82 bits per heavy atom. The van der Waals surface area contributed by atoms with Crippen LogP contribution in [-0.4, -0.2) is 36.4 Å². The first-order valence-corrected chi connectivity index (χ1v) is 6.79. The average molecular weight is 303 g/mol. The molecule has 0 aromatic carbocycles. The largest absolute Gasteiger partial charge is 0.497 e. The molecule has 6 heteroatoms. The van der Waals surface area contributed by atoms with Crippen LogP contribution in [0.25, 0.3) is 0 Å². The van der Waals surface area contributed by atoms with Gasteiger partial charge in [-0.05, 0) is 33.9 Å². The topological polar surface area (TPSA) is 56.8 Å². The summed E-state index contributed by atoms with van der Waals surface area (Å²) in [6.45, 7) is 8.75. The van der Waals surface area contributed by atoms with E-state index in [1.54, 1.807) is 6.21 Å². The Kier molecular flexibility index (Phi) is 4.81. The van der Waals surface area contributed by atoms with Crippen LogP contribution in [0.5, 0.6) is 0 Å². The van der Waals surface area contributed by atoms with Crippen LogP contribution >= 0.6 is 15.9 Å². The van der Waals surface area contributed by atoms with Crippen LogP contribution in [0, 0.1) is 0 Å². The molecule has 0 unspecified atom stereocenters. The highest BCUT2D eigenvalue weighted by molar-refractivity contribution is 9.09. The molecule has 0 spiro atoms. The Morgan fingerprint density at radius 1 is 1.29 bits per heavy atom. The van der Waals surface area contributed by atoms with Gasteiger partial charge in [-0.15, -0.1) is 0 Å². The molecule has 1 aliphatic rings. The molecular formula is C11H20BBrN2O2. The zero-order valence-corrected chi connectivity index (χ0v) is 12.5. The molecule has 17 heavy (non-hydrogen) atoms. The standard InChI is InChI=1S/C11H20BBrN2O2/c1-10(2)11(3,4)17-12(16-10)9(7-14)8-15-6-5-13/h7-8H,5-6,14H2,1-4H3. The summed E-state index contributed by atoms with van der Waals surface area (Å²) in [4.78, 5) is 4.22. The van der Waals surface area contributed by atoms with E-state index in [9.17, 15) is 0 Å². The van der Waals surface area contributed by atoms with Gasteiger partial charge in [0.1, 0.15) is 0 Å². The van der Waals surface area contributed by atoms with Crippen LogP contribution < -0.4 is 5.73 Å². The van der Waals surface area contributed by atoms with E-state index < -0.39 is 7.12 Å². The Morgan fingerprint density at radius 3 is 2.24 bits per heavy atom.